The van der Waals surface area contributed by atoms with Crippen molar-refractivity contribution in [3.8, 4) is 11.5 Å². The van der Waals surface area contributed by atoms with Gasteiger partial charge in [-0.25, -0.2) is 4.98 Å². The number of carbonyl (C=O) groups excluding carboxylic acids is 1. The van der Waals surface area contributed by atoms with Gasteiger partial charge in [-0.1, -0.05) is 18.2 Å². The summed E-state index contributed by atoms with van der Waals surface area (Å²) in [7, 11) is 3.14. The number of benzene rings is 2. The summed E-state index contributed by atoms with van der Waals surface area (Å²) in [6.07, 6.45) is 1.52. The van der Waals surface area contributed by atoms with E-state index in [9.17, 15) is 9.59 Å². The minimum Gasteiger partial charge on any atom is -0.493 e. The molecule has 152 valence electrons. The first kappa shape index (κ1) is 19.4. The van der Waals surface area contributed by atoms with E-state index in [4.69, 9.17) is 9.47 Å². The molecule has 2 heterocycles. The maximum absolute atomic E-state index is 12.8. The number of carbonyl (C=O) groups is 1. The smallest absolute Gasteiger partial charge is 0.265 e. The maximum Gasteiger partial charge on any atom is 0.265 e. The molecule has 0 aliphatic carbocycles. The van der Waals surface area contributed by atoms with Crippen LogP contribution in [0.15, 0.2) is 65.6 Å². The summed E-state index contributed by atoms with van der Waals surface area (Å²) in [6.45, 7) is 1.88. The first-order valence-corrected chi connectivity index (χ1v) is 9.46. The van der Waals surface area contributed by atoms with Gasteiger partial charge in [-0.15, -0.1) is 0 Å². The third-order valence-corrected chi connectivity index (χ3v) is 5.03. The average molecular weight is 403 g/mol. The van der Waals surface area contributed by atoms with E-state index in [0.717, 1.165) is 5.56 Å². The molecule has 2 aromatic carbocycles. The Balaban J connectivity index is 1.64. The van der Waals surface area contributed by atoms with Gasteiger partial charge in [0.15, 0.2) is 11.5 Å². The highest BCUT2D eigenvalue weighted by molar-refractivity contribution is 5.94. The number of fused-ring (bicyclic) bond motifs is 2. The van der Waals surface area contributed by atoms with Crippen molar-refractivity contribution in [3.63, 3.8) is 0 Å². The van der Waals surface area contributed by atoms with E-state index in [1.165, 1.54) is 10.6 Å². The molecule has 4 rings (SSSR count). The van der Waals surface area contributed by atoms with Gasteiger partial charge in [0.2, 0.25) is 0 Å². The molecule has 4 aromatic rings. The fraction of sp³-hybridized carbons (Fsp3) is 0.174. The lowest BCUT2D eigenvalue weighted by Crippen LogP contribution is -2.27. The van der Waals surface area contributed by atoms with Crippen molar-refractivity contribution in [1.82, 2.24) is 14.7 Å². The fourth-order valence-corrected chi connectivity index (χ4v) is 3.37. The van der Waals surface area contributed by atoms with Crippen LogP contribution in [-0.4, -0.2) is 29.5 Å². The second-order valence-electron chi connectivity index (χ2n) is 6.89. The van der Waals surface area contributed by atoms with Crippen molar-refractivity contribution in [1.29, 1.82) is 0 Å². The molecule has 1 amide bonds. The Morgan fingerprint density at radius 2 is 1.80 bits per heavy atom. The van der Waals surface area contributed by atoms with Crippen molar-refractivity contribution >= 4 is 22.5 Å². The first-order valence-electron chi connectivity index (χ1n) is 9.46. The van der Waals surface area contributed by atoms with Gasteiger partial charge in [0.1, 0.15) is 5.65 Å². The molecule has 7 heteroatoms. The molecule has 2 aromatic heterocycles. The van der Waals surface area contributed by atoms with E-state index in [1.807, 2.05) is 25.1 Å². The van der Waals surface area contributed by atoms with Crippen LogP contribution in [0.1, 0.15) is 28.9 Å². The van der Waals surface area contributed by atoms with Crippen LogP contribution in [0, 0.1) is 0 Å². The van der Waals surface area contributed by atoms with E-state index in [1.54, 1.807) is 50.6 Å². The SMILES string of the molecule is COc1ccc([C@@H](C)NC(=O)c2ccc3nc4ccccc4c(=O)n3c2)cc1OC. The number of rotatable bonds is 5. The van der Waals surface area contributed by atoms with Crippen LogP contribution in [0.4, 0.5) is 0 Å². The Kier molecular flexibility index (Phi) is 5.10. The van der Waals surface area contributed by atoms with Crippen LogP contribution in [0.2, 0.25) is 0 Å². The van der Waals surface area contributed by atoms with Gasteiger partial charge in [0.25, 0.3) is 11.5 Å². The van der Waals surface area contributed by atoms with Crippen molar-refractivity contribution in [2.75, 3.05) is 14.2 Å². The summed E-state index contributed by atoms with van der Waals surface area (Å²) in [5.41, 5.74) is 2.14. The molecule has 30 heavy (non-hydrogen) atoms. The van der Waals surface area contributed by atoms with Crippen LogP contribution in [0.25, 0.3) is 16.6 Å². The lowest BCUT2D eigenvalue weighted by Gasteiger charge is -2.17. The standard InChI is InChI=1S/C23H21N3O4/c1-14(15-8-10-19(29-2)20(12-15)30-3)24-22(27)16-9-11-21-25-18-7-5-4-6-17(18)23(28)26(21)13-16/h4-14H,1-3H3,(H,24,27)/t14-/m1/s1. The molecule has 0 unspecified atom stereocenters. The van der Waals surface area contributed by atoms with E-state index in [-0.39, 0.29) is 17.5 Å². The molecule has 0 bridgehead atoms. The molecule has 0 aliphatic rings. The first-order chi connectivity index (χ1) is 14.5. The summed E-state index contributed by atoms with van der Waals surface area (Å²) in [5, 5.41) is 3.46. The van der Waals surface area contributed by atoms with E-state index in [0.29, 0.717) is 33.6 Å². The summed E-state index contributed by atoms with van der Waals surface area (Å²) in [6, 6.07) is 15.7. The number of aromatic nitrogens is 2. The van der Waals surface area contributed by atoms with Crippen molar-refractivity contribution in [3.05, 3.63) is 82.3 Å². The third-order valence-electron chi connectivity index (χ3n) is 5.03. The normalized spacial score (nSPS) is 12.0. The predicted octanol–water partition coefficient (Wildman–Crippen LogP) is 3.36. The summed E-state index contributed by atoms with van der Waals surface area (Å²) in [5.74, 6) is 0.916. The molecular weight excluding hydrogens is 382 g/mol. The maximum atomic E-state index is 12.8. The molecule has 0 saturated carbocycles. The van der Waals surface area contributed by atoms with Gasteiger partial charge < -0.3 is 14.8 Å². The van der Waals surface area contributed by atoms with Crippen molar-refractivity contribution < 1.29 is 14.3 Å². The van der Waals surface area contributed by atoms with Crippen LogP contribution in [-0.2, 0) is 0 Å². The Bertz CT molecular complexity index is 1310. The van der Waals surface area contributed by atoms with Crippen LogP contribution < -0.4 is 20.3 Å². The Morgan fingerprint density at radius 1 is 1.03 bits per heavy atom. The van der Waals surface area contributed by atoms with E-state index >= 15 is 0 Å². The molecule has 7 nitrogen and oxygen atoms in total. The third kappa shape index (κ3) is 3.45. The highest BCUT2D eigenvalue weighted by atomic mass is 16.5. The second-order valence-corrected chi connectivity index (χ2v) is 6.89. The van der Waals surface area contributed by atoms with Gasteiger partial charge in [-0.3, -0.25) is 14.0 Å². The van der Waals surface area contributed by atoms with Gasteiger partial charge in [0.05, 0.1) is 36.7 Å². The fourth-order valence-electron chi connectivity index (χ4n) is 3.37. The number of methoxy groups -OCH3 is 2. The Hall–Kier alpha value is -3.87. The molecule has 0 radical (unpaired) electrons. The zero-order valence-corrected chi connectivity index (χ0v) is 16.9. The molecule has 1 atom stereocenters. The number of para-hydroxylation sites is 1. The summed E-state index contributed by atoms with van der Waals surface area (Å²) in [4.78, 5) is 30.1. The van der Waals surface area contributed by atoms with Gasteiger partial charge >= 0.3 is 0 Å². The number of pyridine rings is 1. The molecular formula is C23H21N3O4. The lowest BCUT2D eigenvalue weighted by molar-refractivity contribution is 0.0939. The van der Waals surface area contributed by atoms with E-state index in [2.05, 4.69) is 10.3 Å². The van der Waals surface area contributed by atoms with Gasteiger partial charge in [-0.2, -0.15) is 0 Å². The zero-order valence-electron chi connectivity index (χ0n) is 16.9. The largest absolute Gasteiger partial charge is 0.493 e. The average Bonchev–Trinajstić information content (AvgIpc) is 2.78. The zero-order chi connectivity index (χ0) is 21.3. The predicted molar refractivity (Wildman–Crippen MR) is 114 cm³/mol. The molecule has 0 spiro atoms. The Morgan fingerprint density at radius 3 is 2.57 bits per heavy atom. The van der Waals surface area contributed by atoms with Crippen LogP contribution in [0.5, 0.6) is 11.5 Å². The highest BCUT2D eigenvalue weighted by Crippen LogP contribution is 2.30. The molecule has 0 fully saturated rings. The number of nitrogens with zero attached hydrogens (tertiary/aromatic N) is 2. The molecule has 0 saturated heterocycles. The minimum absolute atomic E-state index is 0.210. The number of ether oxygens (including phenoxy) is 2. The summed E-state index contributed by atoms with van der Waals surface area (Å²) < 4.78 is 12.0. The minimum atomic E-state index is -0.292. The van der Waals surface area contributed by atoms with Crippen LogP contribution in [0.3, 0.4) is 0 Å². The molecule has 1 N–H and O–H groups in total. The van der Waals surface area contributed by atoms with Crippen LogP contribution >= 0.6 is 0 Å². The topological polar surface area (TPSA) is 81.9 Å². The summed E-state index contributed by atoms with van der Waals surface area (Å²) >= 11 is 0. The number of hydrogen-bond donors (Lipinski definition) is 1. The van der Waals surface area contributed by atoms with Gasteiger partial charge in [-0.05, 0) is 48.9 Å². The Labute approximate surface area is 172 Å². The second kappa shape index (κ2) is 7.87. The number of hydrogen-bond acceptors (Lipinski definition) is 5. The monoisotopic (exact) mass is 403 g/mol. The number of nitrogens with one attached hydrogen (secondary N) is 1. The lowest BCUT2D eigenvalue weighted by atomic mass is 10.1. The highest BCUT2D eigenvalue weighted by Gasteiger charge is 2.15. The quantitative estimate of drug-likeness (QED) is 0.517. The van der Waals surface area contributed by atoms with Gasteiger partial charge in [0, 0.05) is 6.20 Å². The van der Waals surface area contributed by atoms with Crippen molar-refractivity contribution in [2.45, 2.75) is 13.0 Å². The molecule has 0 aliphatic heterocycles. The number of amides is 1. The van der Waals surface area contributed by atoms with E-state index < -0.39 is 0 Å². The van der Waals surface area contributed by atoms with Crippen molar-refractivity contribution in [2.24, 2.45) is 0 Å².